The van der Waals surface area contributed by atoms with Gasteiger partial charge in [-0.1, -0.05) is 47.4 Å². The van der Waals surface area contributed by atoms with Crippen molar-refractivity contribution in [3.05, 3.63) is 33.3 Å². The first-order valence-electron chi connectivity index (χ1n) is 7.20. The molecule has 5 heteroatoms. The van der Waals surface area contributed by atoms with E-state index in [1.54, 1.807) is 0 Å². The third kappa shape index (κ3) is 3.13. The molecule has 0 spiro atoms. The van der Waals surface area contributed by atoms with Crippen molar-refractivity contribution in [3.8, 4) is 0 Å². The number of aliphatic carboxylic acids is 1. The van der Waals surface area contributed by atoms with Gasteiger partial charge in [0.05, 0.1) is 5.41 Å². The summed E-state index contributed by atoms with van der Waals surface area (Å²) in [5, 5.41) is 10.4. The molecule has 1 N–H and O–H groups in total. The molecule has 0 radical (unpaired) electrons. The highest BCUT2D eigenvalue weighted by molar-refractivity contribution is 9.10. The lowest BCUT2D eigenvalue weighted by atomic mass is 9.76. The molecule has 1 aliphatic heterocycles. The van der Waals surface area contributed by atoms with Gasteiger partial charge in [0.2, 0.25) is 0 Å². The summed E-state index contributed by atoms with van der Waals surface area (Å²) in [5.41, 5.74) is 0.403. The zero-order valence-electron chi connectivity index (χ0n) is 12.6. The summed E-state index contributed by atoms with van der Waals surface area (Å²) in [4.78, 5) is 13.9. The molecule has 1 heterocycles. The number of hydrogen-bond acceptors (Lipinski definition) is 2. The van der Waals surface area contributed by atoms with Crippen LogP contribution >= 0.6 is 27.5 Å². The highest BCUT2D eigenvalue weighted by Gasteiger charge is 2.48. The molecule has 0 bridgehead atoms. The average molecular weight is 375 g/mol. The molecule has 1 saturated heterocycles. The zero-order chi connectivity index (χ0) is 15.8. The van der Waals surface area contributed by atoms with Gasteiger partial charge in [0.15, 0.2) is 0 Å². The summed E-state index contributed by atoms with van der Waals surface area (Å²) in [5.74, 6) is -0.568. The van der Waals surface area contributed by atoms with Crippen LogP contribution in [0.25, 0.3) is 0 Å². The SMILES string of the molecule is CC(c1ccc(Br)cc1Cl)N1CCC(C(=O)O)(C(C)C)C1. The second-order valence-corrected chi connectivity index (χ2v) is 7.50. The lowest BCUT2D eigenvalue weighted by molar-refractivity contribution is -0.151. The molecule has 3 nitrogen and oxygen atoms in total. The highest BCUT2D eigenvalue weighted by Crippen LogP contribution is 2.42. The van der Waals surface area contributed by atoms with E-state index in [2.05, 4.69) is 27.8 Å². The Kier molecular flexibility index (Phi) is 5.01. The molecule has 0 amide bonds. The Morgan fingerprint density at radius 2 is 2.10 bits per heavy atom. The molecule has 0 aromatic heterocycles. The van der Waals surface area contributed by atoms with Crippen LogP contribution in [0.15, 0.2) is 22.7 Å². The minimum atomic E-state index is -0.686. The minimum absolute atomic E-state index is 0.116. The molecule has 1 fully saturated rings. The van der Waals surface area contributed by atoms with Crippen molar-refractivity contribution in [2.24, 2.45) is 11.3 Å². The van der Waals surface area contributed by atoms with E-state index in [0.29, 0.717) is 18.0 Å². The van der Waals surface area contributed by atoms with E-state index < -0.39 is 11.4 Å². The molecule has 1 aromatic rings. The monoisotopic (exact) mass is 373 g/mol. The predicted octanol–water partition coefficient (Wildman–Crippen LogP) is 4.60. The minimum Gasteiger partial charge on any atom is -0.481 e. The van der Waals surface area contributed by atoms with Crippen LogP contribution in [0, 0.1) is 11.3 Å². The van der Waals surface area contributed by atoms with Crippen LogP contribution in [-0.2, 0) is 4.79 Å². The molecule has 0 saturated carbocycles. The van der Waals surface area contributed by atoms with E-state index in [-0.39, 0.29) is 12.0 Å². The summed E-state index contributed by atoms with van der Waals surface area (Å²) in [6, 6.07) is 5.98. The predicted molar refractivity (Wildman–Crippen MR) is 88.7 cm³/mol. The number of carboxylic acid groups (broad SMARTS) is 1. The number of carbonyl (C=O) groups is 1. The van der Waals surface area contributed by atoms with E-state index in [1.807, 2.05) is 32.0 Å². The van der Waals surface area contributed by atoms with Crippen LogP contribution in [0.5, 0.6) is 0 Å². The van der Waals surface area contributed by atoms with Crippen LogP contribution in [0.4, 0.5) is 0 Å². The van der Waals surface area contributed by atoms with Gasteiger partial charge in [-0.15, -0.1) is 0 Å². The van der Waals surface area contributed by atoms with Gasteiger partial charge in [-0.3, -0.25) is 9.69 Å². The third-order valence-electron chi connectivity index (χ3n) is 4.82. The van der Waals surface area contributed by atoms with E-state index in [4.69, 9.17) is 11.6 Å². The van der Waals surface area contributed by atoms with Gasteiger partial charge in [0.25, 0.3) is 0 Å². The normalized spacial score (nSPS) is 24.5. The summed E-state index contributed by atoms with van der Waals surface area (Å²) >= 11 is 9.74. The average Bonchev–Trinajstić information content (AvgIpc) is 2.84. The fraction of sp³-hybridized carbons (Fsp3) is 0.562. The fourth-order valence-corrected chi connectivity index (χ4v) is 3.96. The Morgan fingerprint density at radius 3 is 2.57 bits per heavy atom. The number of halogens is 2. The van der Waals surface area contributed by atoms with Crippen LogP contribution in [0.1, 0.15) is 38.8 Å². The number of rotatable bonds is 4. The summed E-state index contributed by atoms with van der Waals surface area (Å²) < 4.78 is 0.951. The van der Waals surface area contributed by atoms with Crippen LogP contribution in [-0.4, -0.2) is 29.1 Å². The molecule has 1 aromatic carbocycles. The van der Waals surface area contributed by atoms with Gasteiger partial charge < -0.3 is 5.11 Å². The van der Waals surface area contributed by atoms with Crippen molar-refractivity contribution in [2.75, 3.05) is 13.1 Å². The quantitative estimate of drug-likeness (QED) is 0.837. The van der Waals surface area contributed by atoms with E-state index >= 15 is 0 Å². The van der Waals surface area contributed by atoms with Gasteiger partial charge in [0.1, 0.15) is 0 Å². The maximum absolute atomic E-state index is 11.7. The molecule has 2 rings (SSSR count). The summed E-state index contributed by atoms with van der Waals surface area (Å²) in [6.45, 7) is 7.45. The number of likely N-dealkylation sites (tertiary alicyclic amines) is 1. The smallest absolute Gasteiger partial charge is 0.311 e. The van der Waals surface area contributed by atoms with Gasteiger partial charge >= 0.3 is 5.97 Å². The van der Waals surface area contributed by atoms with Gasteiger partial charge in [-0.05, 0) is 43.5 Å². The highest BCUT2D eigenvalue weighted by atomic mass is 79.9. The van der Waals surface area contributed by atoms with E-state index in [9.17, 15) is 9.90 Å². The van der Waals surface area contributed by atoms with Crippen molar-refractivity contribution in [1.82, 2.24) is 4.90 Å². The largest absolute Gasteiger partial charge is 0.481 e. The lowest BCUT2D eigenvalue weighted by Gasteiger charge is -2.31. The molecular formula is C16H21BrClNO2. The Morgan fingerprint density at radius 1 is 1.43 bits per heavy atom. The van der Waals surface area contributed by atoms with Crippen molar-refractivity contribution in [2.45, 2.75) is 33.2 Å². The maximum atomic E-state index is 11.7. The number of benzene rings is 1. The Bertz CT molecular complexity index is 549. The first-order chi connectivity index (χ1) is 9.78. The number of carboxylic acids is 1. The molecule has 1 aliphatic rings. The maximum Gasteiger partial charge on any atom is 0.311 e. The summed E-state index contributed by atoms with van der Waals surface area (Å²) in [6.07, 6.45) is 0.693. The van der Waals surface area contributed by atoms with E-state index in [0.717, 1.165) is 16.6 Å². The Labute approximate surface area is 139 Å². The van der Waals surface area contributed by atoms with Gasteiger partial charge in [0, 0.05) is 22.1 Å². The van der Waals surface area contributed by atoms with Crippen LogP contribution in [0.2, 0.25) is 5.02 Å². The van der Waals surface area contributed by atoms with Crippen molar-refractivity contribution < 1.29 is 9.90 Å². The van der Waals surface area contributed by atoms with Crippen LogP contribution in [0.3, 0.4) is 0 Å². The first kappa shape index (κ1) is 16.8. The summed E-state index contributed by atoms with van der Waals surface area (Å²) in [7, 11) is 0. The molecule has 2 unspecified atom stereocenters. The Balaban J connectivity index is 2.22. The van der Waals surface area contributed by atoms with Gasteiger partial charge in [-0.2, -0.15) is 0 Å². The van der Waals surface area contributed by atoms with Crippen LogP contribution < -0.4 is 0 Å². The molecule has 21 heavy (non-hydrogen) atoms. The van der Waals surface area contributed by atoms with Gasteiger partial charge in [-0.25, -0.2) is 0 Å². The standard InChI is InChI=1S/C16H21BrClNO2/c1-10(2)16(15(20)21)6-7-19(9-16)11(3)13-5-4-12(17)8-14(13)18/h4-5,8,10-11H,6-7,9H2,1-3H3,(H,20,21). The molecular weight excluding hydrogens is 354 g/mol. The number of hydrogen-bond donors (Lipinski definition) is 1. The topological polar surface area (TPSA) is 40.5 Å². The zero-order valence-corrected chi connectivity index (χ0v) is 14.9. The number of nitrogens with zero attached hydrogens (tertiary/aromatic N) is 1. The second kappa shape index (κ2) is 6.27. The first-order valence-corrected chi connectivity index (χ1v) is 8.37. The van der Waals surface area contributed by atoms with Crippen molar-refractivity contribution in [1.29, 1.82) is 0 Å². The lowest BCUT2D eigenvalue weighted by Crippen LogP contribution is -2.39. The molecule has 116 valence electrons. The van der Waals surface area contributed by atoms with Crippen molar-refractivity contribution in [3.63, 3.8) is 0 Å². The molecule has 0 aliphatic carbocycles. The second-order valence-electron chi connectivity index (χ2n) is 6.18. The fourth-order valence-electron chi connectivity index (χ4n) is 3.12. The van der Waals surface area contributed by atoms with Crippen molar-refractivity contribution >= 4 is 33.5 Å². The molecule has 2 atom stereocenters. The van der Waals surface area contributed by atoms with E-state index in [1.165, 1.54) is 0 Å². The Hall–Kier alpha value is -0.580. The third-order valence-corrected chi connectivity index (χ3v) is 5.64.